The van der Waals surface area contributed by atoms with Crippen LogP contribution in [0.3, 0.4) is 0 Å². The first kappa shape index (κ1) is 15.1. The lowest BCUT2D eigenvalue weighted by Gasteiger charge is -2.24. The van der Waals surface area contributed by atoms with Crippen LogP contribution in [0.15, 0.2) is 23.1 Å². The van der Waals surface area contributed by atoms with Crippen molar-refractivity contribution in [1.82, 2.24) is 0 Å². The molecule has 0 bridgehead atoms. The van der Waals surface area contributed by atoms with E-state index in [4.69, 9.17) is 18.0 Å². The predicted molar refractivity (Wildman–Crippen MR) is 73.4 cm³/mol. The van der Waals surface area contributed by atoms with Crippen LogP contribution in [0, 0.1) is 0 Å². The van der Waals surface area contributed by atoms with Gasteiger partial charge in [-0.3, -0.25) is 0 Å². The average molecular weight is 294 g/mol. The van der Waals surface area contributed by atoms with Crippen LogP contribution in [-0.4, -0.2) is 31.0 Å². The highest BCUT2D eigenvalue weighted by atomic mass is 32.2. The van der Waals surface area contributed by atoms with Crippen LogP contribution in [0.4, 0.5) is 18.9 Å². The lowest BCUT2D eigenvalue weighted by Crippen LogP contribution is -2.32. The molecule has 1 aromatic rings. The van der Waals surface area contributed by atoms with E-state index in [2.05, 4.69) is 0 Å². The summed E-state index contributed by atoms with van der Waals surface area (Å²) < 4.78 is 37.2. The number of rotatable bonds is 4. The second-order valence-corrected chi connectivity index (χ2v) is 4.98. The molecule has 0 saturated heterocycles. The van der Waals surface area contributed by atoms with Crippen LogP contribution < -0.4 is 10.6 Å². The van der Waals surface area contributed by atoms with Gasteiger partial charge in [0.1, 0.15) is 11.5 Å². The van der Waals surface area contributed by atoms with E-state index in [-0.39, 0.29) is 4.99 Å². The lowest BCUT2D eigenvalue weighted by molar-refractivity contribution is -0.119. The summed E-state index contributed by atoms with van der Waals surface area (Å²) in [4.78, 5) is 1.98. The van der Waals surface area contributed by atoms with Gasteiger partial charge < -0.3 is 10.6 Å². The normalized spacial score (nSPS) is 11.4. The fourth-order valence-electron chi connectivity index (χ4n) is 1.61. The zero-order chi connectivity index (χ0) is 13.9. The Morgan fingerprint density at radius 3 is 2.50 bits per heavy atom. The maximum absolute atomic E-state index is 12.4. The number of anilines is 1. The Morgan fingerprint density at radius 1 is 1.44 bits per heavy atom. The van der Waals surface area contributed by atoms with Crippen LogP contribution in [0.25, 0.3) is 0 Å². The van der Waals surface area contributed by atoms with E-state index in [1.165, 1.54) is 18.8 Å². The maximum Gasteiger partial charge on any atom is 0.405 e. The maximum atomic E-state index is 12.4. The minimum absolute atomic E-state index is 0.101. The summed E-state index contributed by atoms with van der Waals surface area (Å²) in [5.74, 6) is 0. The molecule has 0 aliphatic carbocycles. The first-order valence-corrected chi connectivity index (χ1v) is 6.64. The molecule has 1 rings (SSSR count). The first-order valence-electron chi connectivity index (χ1n) is 5.01. The van der Waals surface area contributed by atoms with Crippen LogP contribution in [-0.2, 0) is 0 Å². The van der Waals surface area contributed by atoms with Gasteiger partial charge in [0, 0.05) is 23.2 Å². The van der Waals surface area contributed by atoms with E-state index in [0.29, 0.717) is 11.3 Å². The van der Waals surface area contributed by atoms with Crippen LogP contribution in [0.2, 0.25) is 0 Å². The molecule has 0 aliphatic heterocycles. The monoisotopic (exact) mass is 294 g/mol. The van der Waals surface area contributed by atoms with Crippen LogP contribution >= 0.6 is 24.0 Å². The van der Waals surface area contributed by atoms with Gasteiger partial charge in [-0.2, -0.15) is 13.2 Å². The molecule has 0 atom stereocenters. The molecule has 0 aromatic heterocycles. The Hall–Kier alpha value is -0.950. The van der Waals surface area contributed by atoms with E-state index < -0.39 is 12.7 Å². The number of halogens is 3. The molecule has 2 N–H and O–H groups in total. The second kappa shape index (κ2) is 5.79. The summed E-state index contributed by atoms with van der Waals surface area (Å²) >= 11 is 6.32. The quantitative estimate of drug-likeness (QED) is 0.683. The predicted octanol–water partition coefficient (Wildman–Crippen LogP) is 3.04. The third kappa shape index (κ3) is 3.78. The van der Waals surface area contributed by atoms with Crippen molar-refractivity contribution in [2.24, 2.45) is 5.73 Å². The van der Waals surface area contributed by atoms with E-state index in [0.717, 1.165) is 9.80 Å². The molecule has 1 aromatic carbocycles. The number of nitrogens with zero attached hydrogens (tertiary/aromatic N) is 1. The van der Waals surface area contributed by atoms with E-state index in [1.807, 2.05) is 6.26 Å². The average Bonchev–Trinajstić information content (AvgIpc) is 2.25. The summed E-state index contributed by atoms with van der Waals surface area (Å²) in [5, 5.41) is 0. The topological polar surface area (TPSA) is 29.3 Å². The summed E-state index contributed by atoms with van der Waals surface area (Å²) in [6.07, 6.45) is -2.44. The van der Waals surface area contributed by atoms with Gasteiger partial charge in [0.15, 0.2) is 0 Å². The number of alkyl halides is 3. The Morgan fingerprint density at radius 2 is 2.06 bits per heavy atom. The van der Waals surface area contributed by atoms with E-state index in [9.17, 15) is 13.2 Å². The molecule has 18 heavy (non-hydrogen) atoms. The lowest BCUT2D eigenvalue weighted by atomic mass is 10.1. The minimum Gasteiger partial charge on any atom is -0.389 e. The number of benzene rings is 1. The zero-order valence-corrected chi connectivity index (χ0v) is 11.5. The molecule has 0 amide bonds. The highest BCUT2D eigenvalue weighted by Gasteiger charge is 2.30. The van der Waals surface area contributed by atoms with Crippen molar-refractivity contribution in [1.29, 1.82) is 0 Å². The summed E-state index contributed by atoms with van der Waals surface area (Å²) in [6, 6.07) is 5.06. The molecule has 0 radical (unpaired) electrons. The largest absolute Gasteiger partial charge is 0.405 e. The summed E-state index contributed by atoms with van der Waals surface area (Å²) in [5.41, 5.74) is 6.49. The van der Waals surface area contributed by atoms with Crippen molar-refractivity contribution < 1.29 is 13.2 Å². The van der Waals surface area contributed by atoms with Gasteiger partial charge in [-0.1, -0.05) is 18.3 Å². The van der Waals surface area contributed by atoms with Gasteiger partial charge in [0.2, 0.25) is 0 Å². The third-order valence-corrected chi connectivity index (χ3v) is 3.28. The van der Waals surface area contributed by atoms with Crippen LogP contribution in [0.1, 0.15) is 5.56 Å². The molecule has 0 fully saturated rings. The highest BCUT2D eigenvalue weighted by Crippen LogP contribution is 2.30. The standard InChI is InChI=1S/C11H13F3N2S2/c1-16(6-11(12,13)14)7-4-3-5-8(18-2)9(7)10(15)17/h3-5H,6H2,1-2H3,(H2,15,17). The molecule has 0 heterocycles. The van der Waals surface area contributed by atoms with Crippen LogP contribution in [0.5, 0.6) is 0 Å². The molecular weight excluding hydrogens is 281 g/mol. The van der Waals surface area contributed by atoms with Crippen molar-refractivity contribution in [3.63, 3.8) is 0 Å². The Balaban J connectivity index is 3.19. The molecule has 100 valence electrons. The molecule has 0 aliphatic rings. The molecule has 0 saturated carbocycles. The highest BCUT2D eigenvalue weighted by molar-refractivity contribution is 7.98. The van der Waals surface area contributed by atoms with Gasteiger partial charge in [-0.25, -0.2) is 0 Å². The SMILES string of the molecule is CSc1cccc(N(C)CC(F)(F)F)c1C(N)=S. The summed E-state index contributed by atoms with van der Waals surface area (Å²) in [7, 11) is 1.37. The first-order chi connectivity index (χ1) is 8.26. The zero-order valence-electron chi connectivity index (χ0n) is 9.91. The van der Waals surface area contributed by atoms with Gasteiger partial charge in [0.05, 0.1) is 0 Å². The van der Waals surface area contributed by atoms with E-state index in [1.54, 1.807) is 18.2 Å². The Bertz CT molecular complexity index is 446. The van der Waals surface area contributed by atoms with Crippen molar-refractivity contribution in [3.05, 3.63) is 23.8 Å². The van der Waals surface area contributed by atoms with Gasteiger partial charge >= 0.3 is 6.18 Å². The molecule has 0 unspecified atom stereocenters. The molecule has 7 heteroatoms. The fraction of sp³-hybridized carbons (Fsp3) is 0.364. The minimum atomic E-state index is -4.27. The van der Waals surface area contributed by atoms with Gasteiger partial charge in [0.25, 0.3) is 0 Å². The molecule has 0 spiro atoms. The van der Waals surface area contributed by atoms with Gasteiger partial charge in [-0.15, -0.1) is 11.8 Å². The number of hydrogen-bond donors (Lipinski definition) is 1. The third-order valence-electron chi connectivity index (χ3n) is 2.30. The Labute approximate surface area is 113 Å². The van der Waals surface area contributed by atoms with Crippen molar-refractivity contribution >= 4 is 34.7 Å². The van der Waals surface area contributed by atoms with Crippen molar-refractivity contribution in [2.45, 2.75) is 11.1 Å². The number of thiocarbonyl (C=S) groups is 1. The molecule has 2 nitrogen and oxygen atoms in total. The smallest absolute Gasteiger partial charge is 0.389 e. The van der Waals surface area contributed by atoms with Crippen molar-refractivity contribution in [3.8, 4) is 0 Å². The number of hydrogen-bond acceptors (Lipinski definition) is 3. The van der Waals surface area contributed by atoms with Crippen molar-refractivity contribution in [2.75, 3.05) is 24.7 Å². The summed E-state index contributed by atoms with van der Waals surface area (Å²) in [6.45, 7) is -1.04. The number of nitrogens with two attached hydrogens (primary N) is 1. The molecular formula is C11H13F3N2S2. The van der Waals surface area contributed by atoms with Gasteiger partial charge in [-0.05, 0) is 18.4 Å². The number of thioether (sulfide) groups is 1. The van der Waals surface area contributed by atoms with E-state index >= 15 is 0 Å². The Kier molecular flexibility index (Phi) is 4.86. The fourth-order valence-corrected chi connectivity index (χ4v) is 2.52. The second-order valence-electron chi connectivity index (χ2n) is 3.69.